The van der Waals surface area contributed by atoms with Crippen LogP contribution in [0.1, 0.15) is 20.7 Å². The highest BCUT2D eigenvalue weighted by atomic mass is 35.5. The van der Waals surface area contributed by atoms with Crippen molar-refractivity contribution in [2.24, 2.45) is 0 Å². The Hall–Kier alpha value is -3.98. The van der Waals surface area contributed by atoms with Gasteiger partial charge in [-0.1, -0.05) is 11.6 Å². The molecule has 2 N–H and O–H groups in total. The number of nitro groups is 1. The molecule has 10 heteroatoms. The van der Waals surface area contributed by atoms with Gasteiger partial charge in [0.25, 0.3) is 11.8 Å². The lowest BCUT2D eigenvalue weighted by Crippen LogP contribution is -2.41. The molecule has 3 rings (SSSR count). The number of rotatable bonds is 5. The molecule has 152 valence electrons. The average molecular weight is 430 g/mol. The van der Waals surface area contributed by atoms with Crippen molar-refractivity contribution in [3.63, 3.8) is 0 Å². The molecule has 0 radical (unpaired) electrons. The van der Waals surface area contributed by atoms with Crippen LogP contribution in [-0.4, -0.2) is 16.7 Å². The van der Waals surface area contributed by atoms with Crippen LogP contribution >= 0.6 is 11.6 Å². The van der Waals surface area contributed by atoms with Crippen LogP contribution in [0.15, 0.2) is 66.7 Å². The van der Waals surface area contributed by atoms with Gasteiger partial charge in [-0.25, -0.2) is 4.39 Å². The van der Waals surface area contributed by atoms with E-state index < -0.39 is 22.6 Å². The lowest BCUT2D eigenvalue weighted by Gasteiger charge is -2.09. The van der Waals surface area contributed by atoms with Crippen LogP contribution in [0.2, 0.25) is 5.02 Å². The first kappa shape index (κ1) is 20.7. The monoisotopic (exact) mass is 429 g/mol. The number of ether oxygens (including phenoxy) is 1. The number of nitrogens with zero attached hydrogens (tertiary/aromatic N) is 1. The second kappa shape index (κ2) is 9.01. The zero-order valence-electron chi connectivity index (χ0n) is 15.1. The lowest BCUT2D eigenvalue weighted by molar-refractivity contribution is -0.385. The van der Waals surface area contributed by atoms with Gasteiger partial charge in [0, 0.05) is 22.2 Å². The van der Waals surface area contributed by atoms with Crippen LogP contribution in [-0.2, 0) is 0 Å². The number of benzene rings is 3. The molecule has 0 aliphatic carbocycles. The van der Waals surface area contributed by atoms with E-state index in [1.165, 1.54) is 54.6 Å². The van der Waals surface area contributed by atoms with Gasteiger partial charge in [0.2, 0.25) is 5.75 Å². The van der Waals surface area contributed by atoms with Gasteiger partial charge in [-0.2, -0.15) is 0 Å². The number of halogens is 2. The fraction of sp³-hybridized carbons (Fsp3) is 0. The zero-order chi connectivity index (χ0) is 21.7. The van der Waals surface area contributed by atoms with Crippen LogP contribution in [0.3, 0.4) is 0 Å². The fourth-order valence-corrected chi connectivity index (χ4v) is 2.55. The summed E-state index contributed by atoms with van der Waals surface area (Å²) < 4.78 is 18.4. The number of carbonyl (C=O) groups excluding carboxylic acids is 2. The summed E-state index contributed by atoms with van der Waals surface area (Å²) in [5.74, 6) is -1.45. The smallest absolute Gasteiger partial charge is 0.313 e. The molecule has 0 aliphatic rings. The molecule has 0 saturated heterocycles. The van der Waals surface area contributed by atoms with Gasteiger partial charge in [-0.3, -0.25) is 30.6 Å². The number of hydrazine groups is 1. The SMILES string of the molecule is O=C(NNC(=O)c1ccc(Oc2ccc(Cl)cc2[N+](=O)[O-])cc1)c1ccc(F)cc1. The third-order valence-electron chi connectivity index (χ3n) is 3.86. The first-order valence-electron chi connectivity index (χ1n) is 8.41. The first-order valence-corrected chi connectivity index (χ1v) is 8.79. The number of nitrogens with one attached hydrogen (secondary N) is 2. The molecule has 3 aromatic carbocycles. The summed E-state index contributed by atoms with van der Waals surface area (Å²) in [6, 6.07) is 14.5. The molecule has 0 bridgehead atoms. The topological polar surface area (TPSA) is 111 Å². The largest absolute Gasteiger partial charge is 0.450 e. The second-order valence-electron chi connectivity index (χ2n) is 5.91. The van der Waals surface area contributed by atoms with Gasteiger partial charge in [-0.15, -0.1) is 0 Å². The zero-order valence-corrected chi connectivity index (χ0v) is 15.9. The molecule has 0 fully saturated rings. The van der Waals surface area contributed by atoms with Gasteiger partial charge in [0.15, 0.2) is 0 Å². The van der Waals surface area contributed by atoms with Gasteiger partial charge in [-0.05, 0) is 60.7 Å². The molecule has 0 atom stereocenters. The number of hydrogen-bond acceptors (Lipinski definition) is 5. The highest BCUT2D eigenvalue weighted by Gasteiger charge is 2.17. The van der Waals surface area contributed by atoms with E-state index in [4.69, 9.17) is 16.3 Å². The van der Waals surface area contributed by atoms with Crippen LogP contribution in [0, 0.1) is 15.9 Å². The van der Waals surface area contributed by atoms with E-state index in [0.717, 1.165) is 12.1 Å². The van der Waals surface area contributed by atoms with E-state index in [2.05, 4.69) is 10.9 Å². The Bertz CT molecular complexity index is 1100. The standard InChI is InChI=1S/C20H13ClFN3O5/c21-14-5-10-18(17(11-14)25(28)29)30-16-8-3-13(4-9-16)20(27)24-23-19(26)12-1-6-15(22)7-2-12/h1-11H,(H,23,26)(H,24,27). The van der Waals surface area contributed by atoms with E-state index in [9.17, 15) is 24.1 Å². The van der Waals surface area contributed by atoms with Gasteiger partial charge < -0.3 is 4.74 Å². The third kappa shape index (κ3) is 5.09. The number of hydrogen-bond donors (Lipinski definition) is 2. The predicted octanol–water partition coefficient (Wildman–Crippen LogP) is 4.25. The van der Waals surface area contributed by atoms with Crippen LogP contribution < -0.4 is 15.6 Å². The van der Waals surface area contributed by atoms with E-state index in [-0.39, 0.29) is 33.3 Å². The molecule has 0 unspecified atom stereocenters. The minimum atomic E-state index is -0.618. The van der Waals surface area contributed by atoms with Gasteiger partial charge in [0.1, 0.15) is 11.6 Å². The normalized spacial score (nSPS) is 10.2. The molecule has 0 aromatic heterocycles. The van der Waals surface area contributed by atoms with E-state index in [0.29, 0.717) is 0 Å². The average Bonchev–Trinajstić information content (AvgIpc) is 2.74. The van der Waals surface area contributed by atoms with Crippen molar-refractivity contribution in [2.45, 2.75) is 0 Å². The molecule has 8 nitrogen and oxygen atoms in total. The van der Waals surface area contributed by atoms with Crippen molar-refractivity contribution in [1.82, 2.24) is 10.9 Å². The van der Waals surface area contributed by atoms with Crippen LogP contribution in [0.25, 0.3) is 0 Å². The first-order chi connectivity index (χ1) is 14.3. The summed E-state index contributed by atoms with van der Waals surface area (Å²) in [4.78, 5) is 34.6. The highest BCUT2D eigenvalue weighted by molar-refractivity contribution is 6.30. The maximum atomic E-state index is 12.9. The van der Waals surface area contributed by atoms with E-state index in [1.54, 1.807) is 0 Å². The molecule has 3 aromatic rings. The number of nitro benzene ring substituents is 1. The fourth-order valence-electron chi connectivity index (χ4n) is 2.38. The molecule has 0 aliphatic heterocycles. The van der Waals surface area contributed by atoms with Crippen molar-refractivity contribution in [2.75, 3.05) is 0 Å². The van der Waals surface area contributed by atoms with Crippen molar-refractivity contribution in [1.29, 1.82) is 0 Å². The quantitative estimate of drug-likeness (QED) is 0.465. The Morgan fingerprint density at radius 1 is 0.900 bits per heavy atom. The van der Waals surface area contributed by atoms with Crippen molar-refractivity contribution in [3.05, 3.63) is 98.8 Å². The van der Waals surface area contributed by atoms with Gasteiger partial charge >= 0.3 is 5.69 Å². The van der Waals surface area contributed by atoms with Crippen molar-refractivity contribution < 1.29 is 23.6 Å². The Kier molecular flexibility index (Phi) is 6.23. The Morgan fingerprint density at radius 2 is 1.43 bits per heavy atom. The van der Waals surface area contributed by atoms with Crippen molar-refractivity contribution in [3.8, 4) is 11.5 Å². The van der Waals surface area contributed by atoms with E-state index in [1.807, 2.05) is 0 Å². The molecule has 0 spiro atoms. The molecule has 0 heterocycles. The molecule has 30 heavy (non-hydrogen) atoms. The Balaban J connectivity index is 1.63. The summed E-state index contributed by atoms with van der Waals surface area (Å²) in [6.45, 7) is 0. The molecular formula is C20H13ClFN3O5. The second-order valence-corrected chi connectivity index (χ2v) is 6.35. The third-order valence-corrected chi connectivity index (χ3v) is 4.09. The summed E-state index contributed by atoms with van der Waals surface area (Å²) >= 11 is 5.77. The summed E-state index contributed by atoms with van der Waals surface area (Å²) in [7, 11) is 0. The molecule has 0 saturated carbocycles. The van der Waals surface area contributed by atoms with E-state index >= 15 is 0 Å². The minimum Gasteiger partial charge on any atom is -0.450 e. The number of carbonyl (C=O) groups is 2. The Morgan fingerprint density at radius 3 is 1.97 bits per heavy atom. The molecule has 2 amide bonds. The highest BCUT2D eigenvalue weighted by Crippen LogP contribution is 2.33. The number of amides is 2. The van der Waals surface area contributed by atoms with Crippen LogP contribution in [0.4, 0.5) is 10.1 Å². The minimum absolute atomic E-state index is 0.00633. The Labute approximate surface area is 174 Å². The van der Waals surface area contributed by atoms with Crippen molar-refractivity contribution >= 4 is 29.1 Å². The maximum absolute atomic E-state index is 12.9. The van der Waals surface area contributed by atoms with Crippen LogP contribution in [0.5, 0.6) is 11.5 Å². The predicted molar refractivity (Wildman–Crippen MR) is 106 cm³/mol. The molecular weight excluding hydrogens is 417 g/mol. The summed E-state index contributed by atoms with van der Waals surface area (Å²) in [6.07, 6.45) is 0. The summed E-state index contributed by atoms with van der Waals surface area (Å²) in [5.41, 5.74) is 4.53. The van der Waals surface area contributed by atoms with Gasteiger partial charge in [0.05, 0.1) is 4.92 Å². The lowest BCUT2D eigenvalue weighted by atomic mass is 10.2. The summed E-state index contributed by atoms with van der Waals surface area (Å²) in [5, 5.41) is 11.3. The maximum Gasteiger partial charge on any atom is 0.313 e.